The molecule has 0 atom stereocenters. The molecule has 2 aromatic rings. The molecule has 5 heteroatoms. The van der Waals surface area contributed by atoms with E-state index in [9.17, 15) is 0 Å². The fourth-order valence-electron chi connectivity index (χ4n) is 3.74. The van der Waals surface area contributed by atoms with Gasteiger partial charge in [0.05, 0.1) is 0 Å². The number of rotatable bonds is 6. The lowest BCUT2D eigenvalue weighted by atomic mass is 9.79. The van der Waals surface area contributed by atoms with Crippen LogP contribution in [0.2, 0.25) is 0 Å². The summed E-state index contributed by atoms with van der Waals surface area (Å²) in [5.41, 5.74) is 2.61. The standard InChI is InChI=1S/C22H30N4.HI/c1-23-22(25-16-14-21-9-5-6-15-24-21)26-17-18-10-12-20(13-11-18)19-7-3-2-4-8-19;/h2-9,15,18,20H,10-14,16-17H2,1H3,(H2,23,25,26);1H. The Morgan fingerprint density at radius 2 is 1.74 bits per heavy atom. The van der Waals surface area contributed by atoms with Crippen molar-refractivity contribution in [1.29, 1.82) is 0 Å². The lowest BCUT2D eigenvalue weighted by Crippen LogP contribution is -2.41. The molecule has 0 radical (unpaired) electrons. The summed E-state index contributed by atoms with van der Waals surface area (Å²) in [6.45, 7) is 1.85. The Balaban J connectivity index is 0.00000261. The molecular formula is C22H31IN4. The average molecular weight is 478 g/mol. The largest absolute Gasteiger partial charge is 0.356 e. The van der Waals surface area contributed by atoms with Gasteiger partial charge in [-0.3, -0.25) is 9.98 Å². The summed E-state index contributed by atoms with van der Waals surface area (Å²) >= 11 is 0. The molecule has 1 aromatic carbocycles. The van der Waals surface area contributed by atoms with Crippen LogP contribution in [0.3, 0.4) is 0 Å². The minimum Gasteiger partial charge on any atom is -0.356 e. The van der Waals surface area contributed by atoms with Crippen LogP contribution in [-0.2, 0) is 6.42 Å². The Hall–Kier alpha value is -1.63. The maximum absolute atomic E-state index is 4.35. The van der Waals surface area contributed by atoms with Crippen LogP contribution in [0.5, 0.6) is 0 Å². The Morgan fingerprint density at radius 3 is 2.41 bits per heavy atom. The zero-order valence-corrected chi connectivity index (χ0v) is 18.4. The smallest absolute Gasteiger partial charge is 0.190 e. The highest BCUT2D eigenvalue weighted by Gasteiger charge is 2.22. The number of nitrogens with zero attached hydrogens (tertiary/aromatic N) is 2. The van der Waals surface area contributed by atoms with Crippen molar-refractivity contribution >= 4 is 29.9 Å². The number of halogens is 1. The van der Waals surface area contributed by atoms with Crippen molar-refractivity contribution in [3.8, 4) is 0 Å². The molecule has 0 unspecified atom stereocenters. The highest BCUT2D eigenvalue weighted by Crippen LogP contribution is 2.35. The molecule has 2 N–H and O–H groups in total. The average Bonchev–Trinajstić information content (AvgIpc) is 2.72. The highest BCUT2D eigenvalue weighted by atomic mass is 127. The lowest BCUT2D eigenvalue weighted by molar-refractivity contribution is 0.324. The third-order valence-corrected chi connectivity index (χ3v) is 5.30. The van der Waals surface area contributed by atoms with Gasteiger partial charge in [-0.05, 0) is 55.2 Å². The monoisotopic (exact) mass is 478 g/mol. The third kappa shape index (κ3) is 7.13. The Bertz CT molecular complexity index is 667. The number of aromatic nitrogens is 1. The molecule has 4 nitrogen and oxygen atoms in total. The summed E-state index contributed by atoms with van der Waals surface area (Å²) in [4.78, 5) is 8.69. The van der Waals surface area contributed by atoms with E-state index in [1.165, 1.54) is 31.2 Å². The van der Waals surface area contributed by atoms with E-state index in [-0.39, 0.29) is 24.0 Å². The molecule has 1 aromatic heterocycles. The van der Waals surface area contributed by atoms with Crippen molar-refractivity contribution in [2.75, 3.05) is 20.1 Å². The summed E-state index contributed by atoms with van der Waals surface area (Å²) in [6, 6.07) is 17.0. The summed E-state index contributed by atoms with van der Waals surface area (Å²) in [5, 5.41) is 6.89. The molecule has 1 heterocycles. The van der Waals surface area contributed by atoms with Gasteiger partial charge in [0.15, 0.2) is 5.96 Å². The topological polar surface area (TPSA) is 49.3 Å². The maximum Gasteiger partial charge on any atom is 0.190 e. The van der Waals surface area contributed by atoms with Gasteiger partial charge in [-0.2, -0.15) is 0 Å². The van der Waals surface area contributed by atoms with E-state index in [2.05, 4.69) is 57.0 Å². The molecule has 27 heavy (non-hydrogen) atoms. The van der Waals surface area contributed by atoms with E-state index < -0.39 is 0 Å². The van der Waals surface area contributed by atoms with E-state index in [0.717, 1.165) is 43.0 Å². The SMILES string of the molecule is CN=C(NCCc1ccccn1)NCC1CCC(c2ccccc2)CC1.I. The normalized spacial score (nSPS) is 19.8. The molecule has 1 fully saturated rings. The first-order valence-electron chi connectivity index (χ1n) is 9.74. The first kappa shape index (κ1) is 21.7. The lowest BCUT2D eigenvalue weighted by Gasteiger charge is -2.29. The van der Waals surface area contributed by atoms with Gasteiger partial charge in [-0.25, -0.2) is 0 Å². The van der Waals surface area contributed by atoms with Crippen molar-refractivity contribution in [3.63, 3.8) is 0 Å². The molecule has 146 valence electrons. The van der Waals surface area contributed by atoms with E-state index in [4.69, 9.17) is 0 Å². The van der Waals surface area contributed by atoms with Crippen LogP contribution >= 0.6 is 24.0 Å². The van der Waals surface area contributed by atoms with Gasteiger partial charge in [0.25, 0.3) is 0 Å². The Kier molecular flexibility index (Phi) is 9.59. The molecule has 3 rings (SSSR count). The highest BCUT2D eigenvalue weighted by molar-refractivity contribution is 14.0. The number of hydrogen-bond acceptors (Lipinski definition) is 2. The van der Waals surface area contributed by atoms with Gasteiger partial charge < -0.3 is 10.6 Å². The van der Waals surface area contributed by atoms with Gasteiger partial charge in [-0.1, -0.05) is 36.4 Å². The predicted molar refractivity (Wildman–Crippen MR) is 124 cm³/mol. The minimum absolute atomic E-state index is 0. The first-order chi connectivity index (χ1) is 12.8. The van der Waals surface area contributed by atoms with Crippen LogP contribution in [0.15, 0.2) is 59.7 Å². The van der Waals surface area contributed by atoms with Gasteiger partial charge >= 0.3 is 0 Å². The number of nitrogens with one attached hydrogen (secondary N) is 2. The van der Waals surface area contributed by atoms with Crippen LogP contribution in [0.1, 0.15) is 42.9 Å². The van der Waals surface area contributed by atoms with Crippen LogP contribution in [-0.4, -0.2) is 31.1 Å². The van der Waals surface area contributed by atoms with Crippen LogP contribution in [0.4, 0.5) is 0 Å². The molecule has 0 saturated heterocycles. The van der Waals surface area contributed by atoms with Gasteiger partial charge in [0.2, 0.25) is 0 Å². The zero-order valence-electron chi connectivity index (χ0n) is 16.1. The second-order valence-electron chi connectivity index (χ2n) is 7.08. The number of guanidine groups is 1. The number of pyridine rings is 1. The molecule has 0 spiro atoms. The van der Waals surface area contributed by atoms with Crippen LogP contribution in [0, 0.1) is 5.92 Å². The molecule has 1 aliphatic carbocycles. The summed E-state index contributed by atoms with van der Waals surface area (Å²) in [6.07, 6.45) is 7.91. The van der Waals surface area contributed by atoms with Gasteiger partial charge in [-0.15, -0.1) is 24.0 Å². The maximum atomic E-state index is 4.35. The van der Waals surface area contributed by atoms with Crippen LogP contribution in [0.25, 0.3) is 0 Å². The molecule has 0 amide bonds. The van der Waals surface area contributed by atoms with Crippen molar-refractivity contribution in [2.24, 2.45) is 10.9 Å². The zero-order chi connectivity index (χ0) is 18.0. The Labute approximate surface area is 180 Å². The summed E-state index contributed by atoms with van der Waals surface area (Å²) < 4.78 is 0. The van der Waals surface area contributed by atoms with E-state index >= 15 is 0 Å². The predicted octanol–water partition coefficient (Wildman–Crippen LogP) is 4.38. The number of benzene rings is 1. The quantitative estimate of drug-likeness (QED) is 0.368. The van der Waals surface area contributed by atoms with E-state index in [0.29, 0.717) is 0 Å². The van der Waals surface area contributed by atoms with Gasteiger partial charge in [0, 0.05) is 38.4 Å². The second-order valence-corrected chi connectivity index (χ2v) is 7.08. The summed E-state index contributed by atoms with van der Waals surface area (Å²) in [5.74, 6) is 2.37. The molecule has 0 bridgehead atoms. The molecular weight excluding hydrogens is 447 g/mol. The first-order valence-corrected chi connectivity index (χ1v) is 9.74. The fourth-order valence-corrected chi connectivity index (χ4v) is 3.74. The minimum atomic E-state index is 0. The van der Waals surface area contributed by atoms with E-state index in [1.54, 1.807) is 0 Å². The van der Waals surface area contributed by atoms with Crippen molar-refractivity contribution in [2.45, 2.75) is 38.0 Å². The van der Waals surface area contributed by atoms with Crippen molar-refractivity contribution < 1.29 is 0 Å². The van der Waals surface area contributed by atoms with Crippen molar-refractivity contribution in [3.05, 3.63) is 66.0 Å². The number of aliphatic imine (C=N–C) groups is 1. The van der Waals surface area contributed by atoms with E-state index in [1.807, 2.05) is 25.4 Å². The molecule has 0 aliphatic heterocycles. The second kappa shape index (κ2) is 12.0. The third-order valence-electron chi connectivity index (χ3n) is 5.30. The molecule has 1 aliphatic rings. The van der Waals surface area contributed by atoms with Crippen molar-refractivity contribution in [1.82, 2.24) is 15.6 Å². The number of hydrogen-bond donors (Lipinski definition) is 2. The fraction of sp³-hybridized carbons (Fsp3) is 0.455. The van der Waals surface area contributed by atoms with Gasteiger partial charge in [0.1, 0.15) is 0 Å². The summed E-state index contributed by atoms with van der Waals surface area (Å²) in [7, 11) is 1.84. The van der Waals surface area contributed by atoms with Crippen LogP contribution < -0.4 is 10.6 Å². The Morgan fingerprint density at radius 1 is 1.00 bits per heavy atom. The molecule has 1 saturated carbocycles.